The standard InChI is InChI=1S/C69H134O17P2/c1-59(2)45-37-29-21-16-13-11-9-10-12-14-18-25-35-43-51-68(73)85-64(55-79-66(71)49-41-33-24-19-15-17-22-30-38-46-60(3)4)57-83-87(75,76)81-53-63(70)54-82-88(77,78)84-58-65(56-80-67(72)50-42-34-28-27-32-40-48-62(7)8)86-69(74)52-44-36-26-20-23-31-39-47-61(5)6/h59-65,70H,9-58H2,1-8H3,(H,75,76)(H,77,78)/t63-,64-,65-/m1/s1. The van der Waals surface area contributed by atoms with Crippen LogP contribution in [-0.2, 0) is 65.4 Å². The van der Waals surface area contributed by atoms with Gasteiger partial charge in [-0.25, -0.2) is 9.13 Å². The molecule has 0 saturated heterocycles. The van der Waals surface area contributed by atoms with E-state index in [4.69, 9.17) is 37.0 Å². The van der Waals surface area contributed by atoms with E-state index >= 15 is 0 Å². The number of aliphatic hydroxyl groups is 1. The van der Waals surface area contributed by atoms with Gasteiger partial charge in [-0.2, -0.15) is 0 Å². The molecule has 5 atom stereocenters. The molecule has 0 spiro atoms. The van der Waals surface area contributed by atoms with E-state index in [1.54, 1.807) is 0 Å². The largest absolute Gasteiger partial charge is 0.472 e. The predicted molar refractivity (Wildman–Crippen MR) is 354 cm³/mol. The summed E-state index contributed by atoms with van der Waals surface area (Å²) in [5, 5.41) is 10.6. The molecule has 522 valence electrons. The minimum Gasteiger partial charge on any atom is -0.462 e. The lowest BCUT2D eigenvalue weighted by atomic mass is 10.0. The maximum atomic E-state index is 13.0. The van der Waals surface area contributed by atoms with Crippen LogP contribution in [0.15, 0.2) is 0 Å². The highest BCUT2D eigenvalue weighted by Crippen LogP contribution is 2.45. The van der Waals surface area contributed by atoms with E-state index in [-0.39, 0.29) is 25.7 Å². The van der Waals surface area contributed by atoms with Crippen molar-refractivity contribution in [1.82, 2.24) is 0 Å². The molecule has 0 aromatic heterocycles. The fraction of sp³-hybridized carbons (Fsp3) is 0.942. The van der Waals surface area contributed by atoms with Gasteiger partial charge in [-0.15, -0.1) is 0 Å². The van der Waals surface area contributed by atoms with Crippen molar-refractivity contribution in [2.75, 3.05) is 39.6 Å². The van der Waals surface area contributed by atoms with Crippen LogP contribution in [0.3, 0.4) is 0 Å². The topological polar surface area (TPSA) is 237 Å². The average Bonchev–Trinajstić information content (AvgIpc) is 3.67. The molecular weight excluding hydrogens is 1160 g/mol. The number of carbonyl (C=O) groups excluding carboxylic acids is 4. The van der Waals surface area contributed by atoms with Crippen LogP contribution in [0.1, 0.15) is 338 Å². The van der Waals surface area contributed by atoms with Crippen molar-refractivity contribution < 1.29 is 80.2 Å². The second-order valence-electron chi connectivity index (χ2n) is 26.8. The van der Waals surface area contributed by atoms with Gasteiger partial charge in [-0.05, 0) is 49.4 Å². The molecule has 0 aliphatic rings. The number of esters is 4. The Kier molecular flexibility index (Phi) is 57.6. The maximum absolute atomic E-state index is 13.0. The van der Waals surface area contributed by atoms with Crippen molar-refractivity contribution in [3.8, 4) is 0 Å². The minimum atomic E-state index is -4.95. The van der Waals surface area contributed by atoms with Crippen LogP contribution in [0, 0.1) is 23.7 Å². The molecule has 17 nitrogen and oxygen atoms in total. The molecular formula is C69H134O17P2. The lowest BCUT2D eigenvalue weighted by Gasteiger charge is -2.21. The minimum absolute atomic E-state index is 0.102. The van der Waals surface area contributed by atoms with Gasteiger partial charge in [0.25, 0.3) is 0 Å². The number of phosphoric acid groups is 2. The highest BCUT2D eigenvalue weighted by atomic mass is 31.2. The van der Waals surface area contributed by atoms with Crippen LogP contribution >= 0.6 is 15.6 Å². The third kappa shape index (κ3) is 62.8. The third-order valence-corrected chi connectivity index (χ3v) is 17.7. The first kappa shape index (κ1) is 86.1. The summed E-state index contributed by atoms with van der Waals surface area (Å²) in [5.74, 6) is 0.779. The van der Waals surface area contributed by atoms with Crippen molar-refractivity contribution in [2.45, 2.75) is 356 Å². The van der Waals surface area contributed by atoms with E-state index in [2.05, 4.69) is 55.4 Å². The summed E-state index contributed by atoms with van der Waals surface area (Å²) in [6, 6.07) is 0. The zero-order valence-corrected chi connectivity index (χ0v) is 59.1. The highest BCUT2D eigenvalue weighted by Gasteiger charge is 2.30. The molecule has 2 unspecified atom stereocenters. The molecule has 0 aliphatic carbocycles. The van der Waals surface area contributed by atoms with Crippen molar-refractivity contribution in [2.24, 2.45) is 23.7 Å². The highest BCUT2D eigenvalue weighted by molar-refractivity contribution is 7.47. The van der Waals surface area contributed by atoms with E-state index in [0.29, 0.717) is 37.5 Å². The molecule has 88 heavy (non-hydrogen) atoms. The van der Waals surface area contributed by atoms with Crippen LogP contribution in [0.2, 0.25) is 0 Å². The van der Waals surface area contributed by atoms with E-state index in [1.165, 1.54) is 135 Å². The van der Waals surface area contributed by atoms with Crippen molar-refractivity contribution in [1.29, 1.82) is 0 Å². The lowest BCUT2D eigenvalue weighted by Crippen LogP contribution is -2.30. The summed E-state index contributed by atoms with van der Waals surface area (Å²) >= 11 is 0. The zero-order chi connectivity index (χ0) is 65.4. The molecule has 0 rings (SSSR count). The van der Waals surface area contributed by atoms with Gasteiger partial charge in [0.2, 0.25) is 0 Å². The summed E-state index contributed by atoms with van der Waals surface area (Å²) < 4.78 is 68.2. The Bertz CT molecular complexity index is 1750. The van der Waals surface area contributed by atoms with Gasteiger partial charge in [-0.1, -0.05) is 287 Å². The Balaban J connectivity index is 5.23. The third-order valence-electron chi connectivity index (χ3n) is 15.8. The Hall–Kier alpha value is -1.94. The van der Waals surface area contributed by atoms with Crippen molar-refractivity contribution >= 4 is 39.5 Å². The molecule has 0 bridgehead atoms. The van der Waals surface area contributed by atoms with Crippen LogP contribution in [0.5, 0.6) is 0 Å². The van der Waals surface area contributed by atoms with Gasteiger partial charge < -0.3 is 33.8 Å². The average molecular weight is 1300 g/mol. The number of hydrogen-bond acceptors (Lipinski definition) is 15. The summed E-state index contributed by atoms with van der Waals surface area (Å²) in [7, 11) is -9.90. The second-order valence-corrected chi connectivity index (χ2v) is 29.7. The number of aliphatic hydroxyl groups excluding tert-OH is 1. The smallest absolute Gasteiger partial charge is 0.462 e. The first-order valence-electron chi connectivity index (χ1n) is 35.7. The number of carbonyl (C=O) groups is 4. The maximum Gasteiger partial charge on any atom is 0.472 e. The Morgan fingerprint density at radius 2 is 0.477 bits per heavy atom. The molecule has 0 aromatic rings. The zero-order valence-electron chi connectivity index (χ0n) is 57.3. The summed E-state index contributed by atoms with van der Waals surface area (Å²) in [6.07, 6.45) is 40.6. The van der Waals surface area contributed by atoms with Gasteiger partial charge >= 0.3 is 39.5 Å². The second kappa shape index (κ2) is 58.8. The van der Waals surface area contributed by atoms with E-state index in [0.717, 1.165) is 108 Å². The monoisotopic (exact) mass is 1300 g/mol. The molecule has 0 radical (unpaired) electrons. The fourth-order valence-electron chi connectivity index (χ4n) is 10.3. The van der Waals surface area contributed by atoms with E-state index < -0.39 is 97.5 Å². The van der Waals surface area contributed by atoms with Crippen LogP contribution in [-0.4, -0.2) is 96.7 Å². The predicted octanol–water partition coefficient (Wildman–Crippen LogP) is 19.3. The summed E-state index contributed by atoms with van der Waals surface area (Å²) in [6.45, 7) is 14.0. The molecule has 19 heteroatoms. The van der Waals surface area contributed by atoms with E-state index in [9.17, 15) is 43.2 Å². The first-order valence-corrected chi connectivity index (χ1v) is 38.7. The molecule has 0 aromatic carbocycles. The van der Waals surface area contributed by atoms with Gasteiger partial charge in [0.15, 0.2) is 12.2 Å². The quantitative estimate of drug-likeness (QED) is 0.0222. The van der Waals surface area contributed by atoms with Crippen LogP contribution in [0.25, 0.3) is 0 Å². The van der Waals surface area contributed by atoms with Crippen molar-refractivity contribution in [3.63, 3.8) is 0 Å². The van der Waals surface area contributed by atoms with Gasteiger partial charge in [-0.3, -0.25) is 37.3 Å². The molecule has 0 amide bonds. The van der Waals surface area contributed by atoms with Gasteiger partial charge in [0, 0.05) is 25.7 Å². The fourth-order valence-corrected chi connectivity index (χ4v) is 11.9. The Morgan fingerprint density at radius 3 is 0.705 bits per heavy atom. The van der Waals surface area contributed by atoms with Gasteiger partial charge in [0.05, 0.1) is 26.4 Å². The summed E-state index contributed by atoms with van der Waals surface area (Å²) in [4.78, 5) is 72.4. The number of hydrogen-bond donors (Lipinski definition) is 3. The molecule has 0 heterocycles. The Morgan fingerprint density at radius 1 is 0.284 bits per heavy atom. The lowest BCUT2D eigenvalue weighted by molar-refractivity contribution is -0.161. The van der Waals surface area contributed by atoms with Crippen LogP contribution < -0.4 is 0 Å². The number of rotatable bonds is 66. The Labute approximate surface area is 537 Å². The molecule has 0 fully saturated rings. The van der Waals surface area contributed by atoms with Crippen molar-refractivity contribution in [3.05, 3.63) is 0 Å². The molecule has 0 aliphatic heterocycles. The number of unbranched alkanes of at least 4 members (excludes halogenated alkanes) is 32. The number of phosphoric ester groups is 2. The number of ether oxygens (including phenoxy) is 4. The van der Waals surface area contributed by atoms with Gasteiger partial charge in [0.1, 0.15) is 19.3 Å². The summed E-state index contributed by atoms with van der Waals surface area (Å²) in [5.41, 5.74) is 0. The normalized spacial score (nSPS) is 14.3. The van der Waals surface area contributed by atoms with E-state index in [1.807, 2.05) is 0 Å². The first-order chi connectivity index (χ1) is 42.1. The van der Waals surface area contributed by atoms with Crippen LogP contribution in [0.4, 0.5) is 0 Å². The molecule has 0 saturated carbocycles. The molecule has 3 N–H and O–H groups in total. The SMILES string of the molecule is CC(C)CCCCCCCCCCCCCCCCC(=O)O[C@H](COC(=O)CCCCCCCCCCCC(C)C)COP(=O)(O)OC[C@@H](O)COP(=O)(O)OC[C@@H](COC(=O)CCCCCCCCC(C)C)OC(=O)CCCCCCCCCC(C)C.